The Labute approximate surface area is 236 Å². The van der Waals surface area contributed by atoms with Crippen LogP contribution < -0.4 is 10.5 Å². The van der Waals surface area contributed by atoms with E-state index >= 15 is 0 Å². The molecule has 4 rings (SSSR count). The number of nitrogens with zero attached hydrogens (tertiary/aromatic N) is 3. The molecule has 0 aliphatic carbocycles. The first-order chi connectivity index (χ1) is 18.6. The Morgan fingerprint density at radius 1 is 1.08 bits per heavy atom. The summed E-state index contributed by atoms with van der Waals surface area (Å²) in [7, 11) is -2.56. The van der Waals surface area contributed by atoms with Gasteiger partial charge in [0.15, 0.2) is 5.60 Å². The van der Waals surface area contributed by atoms with Crippen LogP contribution in [0.15, 0.2) is 106 Å². The van der Waals surface area contributed by atoms with Crippen molar-refractivity contribution in [2.45, 2.75) is 10.5 Å². The van der Waals surface area contributed by atoms with Gasteiger partial charge in [-0.15, -0.1) is 0 Å². The highest BCUT2D eigenvalue weighted by atomic mass is 35.5. The Balaban J connectivity index is 1.78. The van der Waals surface area contributed by atoms with Gasteiger partial charge >= 0.3 is 0 Å². The molecule has 39 heavy (non-hydrogen) atoms. The molecule has 1 heterocycles. The van der Waals surface area contributed by atoms with E-state index in [1.807, 2.05) is 30.3 Å². The largest absolute Gasteiger partial charge is 0.366 e. The number of ether oxygens (including phenoxy) is 1. The minimum atomic E-state index is -4.02. The third-order valence-electron chi connectivity index (χ3n) is 5.85. The van der Waals surface area contributed by atoms with E-state index in [9.17, 15) is 13.2 Å². The number of carbonyl (C=O) groups excluding carboxylic acids is 1. The van der Waals surface area contributed by atoms with E-state index < -0.39 is 21.5 Å². The number of halogens is 2. The maximum Gasteiger partial charge on any atom is 0.264 e. The van der Waals surface area contributed by atoms with Crippen LogP contribution in [0, 0.1) is 0 Å². The number of hydrogen-bond acceptors (Lipinski definition) is 6. The van der Waals surface area contributed by atoms with Crippen molar-refractivity contribution < 1.29 is 17.9 Å². The van der Waals surface area contributed by atoms with E-state index in [0.29, 0.717) is 21.3 Å². The number of guanidine groups is 1. The van der Waals surface area contributed by atoms with Gasteiger partial charge in [-0.1, -0.05) is 71.7 Å². The molecule has 0 aromatic heterocycles. The second-order valence-corrected chi connectivity index (χ2v) is 11.0. The van der Waals surface area contributed by atoms with E-state index in [4.69, 9.17) is 38.8 Å². The first-order valence-electron chi connectivity index (χ1n) is 11.7. The van der Waals surface area contributed by atoms with Crippen LogP contribution in [-0.2, 0) is 25.2 Å². The van der Waals surface area contributed by atoms with Gasteiger partial charge in [-0.05, 0) is 42.0 Å². The first kappa shape index (κ1) is 28.3. The van der Waals surface area contributed by atoms with E-state index in [-0.39, 0.29) is 24.0 Å². The molecule has 12 heteroatoms. The number of sulfonamides is 1. The number of nitrogens with two attached hydrogens (primary N) is 1. The lowest BCUT2D eigenvalue weighted by Gasteiger charge is -2.32. The summed E-state index contributed by atoms with van der Waals surface area (Å²) in [5.41, 5.74) is 6.00. The molecule has 3 aromatic carbocycles. The fraction of sp³-hybridized carbons (Fsp3) is 0.148. The lowest BCUT2D eigenvalue weighted by molar-refractivity contribution is -0.113. The fourth-order valence-electron chi connectivity index (χ4n) is 4.04. The zero-order valence-electron chi connectivity index (χ0n) is 20.8. The van der Waals surface area contributed by atoms with Crippen molar-refractivity contribution in [1.29, 1.82) is 0 Å². The number of primary amides is 1. The van der Waals surface area contributed by atoms with Gasteiger partial charge in [0.05, 0.1) is 18.0 Å². The van der Waals surface area contributed by atoms with Crippen molar-refractivity contribution in [2.24, 2.45) is 15.8 Å². The van der Waals surface area contributed by atoms with E-state index in [0.717, 1.165) is 5.56 Å². The normalized spacial score (nSPS) is 17.9. The maximum absolute atomic E-state index is 13.2. The van der Waals surface area contributed by atoms with E-state index in [1.165, 1.54) is 48.5 Å². The van der Waals surface area contributed by atoms with Crippen LogP contribution in [0.2, 0.25) is 10.0 Å². The molecule has 0 saturated heterocycles. The summed E-state index contributed by atoms with van der Waals surface area (Å²) in [4.78, 5) is 15.5. The minimum absolute atomic E-state index is 0.0105. The van der Waals surface area contributed by atoms with Gasteiger partial charge in [-0.2, -0.15) is 5.10 Å². The van der Waals surface area contributed by atoms with Crippen LogP contribution in [0.1, 0.15) is 11.1 Å². The Morgan fingerprint density at radius 3 is 2.28 bits per heavy atom. The molecule has 0 saturated carbocycles. The molecule has 202 valence electrons. The van der Waals surface area contributed by atoms with Gasteiger partial charge in [-0.3, -0.25) is 9.79 Å². The van der Waals surface area contributed by atoms with Crippen LogP contribution in [-0.4, -0.2) is 51.2 Å². The molecule has 0 spiro atoms. The number of aliphatic imine (C=N–C) groups is 1. The van der Waals surface area contributed by atoms with Gasteiger partial charge in [0.2, 0.25) is 11.9 Å². The van der Waals surface area contributed by atoms with E-state index in [1.54, 1.807) is 24.3 Å². The Kier molecular flexibility index (Phi) is 8.71. The van der Waals surface area contributed by atoms with Crippen LogP contribution >= 0.6 is 23.2 Å². The second-order valence-electron chi connectivity index (χ2n) is 8.43. The molecule has 1 amide bonds. The molecule has 1 aliphatic rings. The summed E-state index contributed by atoms with van der Waals surface area (Å²) >= 11 is 12.1. The average molecular weight is 587 g/mol. The summed E-state index contributed by atoms with van der Waals surface area (Å²) < 4.78 is 35.3. The third-order valence-corrected chi connectivity index (χ3v) is 7.70. The molecule has 3 N–H and O–H groups in total. The number of benzene rings is 3. The topological polar surface area (TPSA) is 126 Å². The van der Waals surface area contributed by atoms with Crippen LogP contribution in [0.4, 0.5) is 0 Å². The second kappa shape index (κ2) is 12.0. The summed E-state index contributed by atoms with van der Waals surface area (Å²) in [6.45, 7) is 0.0859. The summed E-state index contributed by atoms with van der Waals surface area (Å²) in [6.07, 6.45) is 2.72. The third kappa shape index (κ3) is 6.48. The molecule has 0 radical (unpaired) electrons. The van der Waals surface area contributed by atoms with Gasteiger partial charge < -0.3 is 10.5 Å². The minimum Gasteiger partial charge on any atom is -0.366 e. The number of nitrogens with one attached hydrogen (secondary N) is 1. The predicted octanol–water partition coefficient (Wildman–Crippen LogP) is 3.93. The molecule has 1 atom stereocenters. The maximum atomic E-state index is 13.2. The van der Waals surface area contributed by atoms with Gasteiger partial charge in [0.1, 0.15) is 5.71 Å². The van der Waals surface area contributed by atoms with Crippen LogP contribution in [0.3, 0.4) is 0 Å². The standard InChI is InChI=1S/C27H25Cl2N5O4S/c1-31-26(33-39(36,37)23-15-13-22(29)14-16-23)34-18-27(20-6-3-2-4-7-20,38-17-5-8-24(30)35)25(32-34)19-9-11-21(28)12-10-19/h2-16H,17-18H2,1H3,(H2,30,35)(H,31,33). The zero-order chi connectivity index (χ0) is 28.0. The monoisotopic (exact) mass is 585 g/mol. The van der Waals surface area contributed by atoms with Crippen molar-refractivity contribution in [3.05, 3.63) is 112 Å². The molecule has 3 aromatic rings. The van der Waals surface area contributed by atoms with Crippen molar-refractivity contribution in [3.8, 4) is 0 Å². The van der Waals surface area contributed by atoms with Crippen LogP contribution in [0.5, 0.6) is 0 Å². The van der Waals surface area contributed by atoms with Crippen molar-refractivity contribution in [2.75, 3.05) is 20.2 Å². The quantitative estimate of drug-likeness (QED) is 0.235. The number of amides is 1. The number of rotatable bonds is 8. The molecule has 0 fully saturated rings. The average Bonchev–Trinajstić information content (AvgIpc) is 3.31. The number of hydrazone groups is 1. The first-order valence-corrected chi connectivity index (χ1v) is 13.9. The SMILES string of the molecule is CN=C(NS(=O)(=O)c1ccc(Cl)cc1)N1CC(OCC=CC(N)=O)(c2ccccc2)C(c2ccc(Cl)cc2)=N1. The lowest BCUT2D eigenvalue weighted by atomic mass is 9.85. The lowest BCUT2D eigenvalue weighted by Crippen LogP contribution is -2.46. The summed E-state index contributed by atoms with van der Waals surface area (Å²) in [5.74, 6) is -0.630. The van der Waals surface area contributed by atoms with E-state index in [2.05, 4.69) is 9.71 Å². The molecule has 0 bridgehead atoms. The fourth-order valence-corrected chi connectivity index (χ4v) is 5.34. The van der Waals surface area contributed by atoms with Crippen LogP contribution in [0.25, 0.3) is 0 Å². The highest BCUT2D eigenvalue weighted by molar-refractivity contribution is 7.90. The summed E-state index contributed by atoms with van der Waals surface area (Å²) in [5, 5.41) is 7.16. The Bertz CT molecular complexity index is 1530. The Hall–Kier alpha value is -3.70. The predicted molar refractivity (Wildman–Crippen MR) is 152 cm³/mol. The highest BCUT2D eigenvalue weighted by Gasteiger charge is 2.47. The van der Waals surface area contributed by atoms with Crippen molar-refractivity contribution in [1.82, 2.24) is 9.73 Å². The Morgan fingerprint density at radius 2 is 1.69 bits per heavy atom. The molecular weight excluding hydrogens is 561 g/mol. The number of hydrogen-bond donors (Lipinski definition) is 2. The summed E-state index contributed by atoms with van der Waals surface area (Å²) in [6, 6.07) is 22.2. The molecule has 1 aliphatic heterocycles. The molecule has 9 nitrogen and oxygen atoms in total. The van der Waals surface area contributed by atoms with Gasteiger partial charge in [0.25, 0.3) is 10.0 Å². The van der Waals surface area contributed by atoms with Crippen molar-refractivity contribution in [3.63, 3.8) is 0 Å². The molecule has 1 unspecified atom stereocenters. The van der Waals surface area contributed by atoms with Gasteiger partial charge in [0, 0.05) is 28.7 Å². The number of carbonyl (C=O) groups is 1. The smallest absolute Gasteiger partial charge is 0.264 e. The van der Waals surface area contributed by atoms with Crippen molar-refractivity contribution >= 4 is 50.8 Å². The molecular formula is C27H25Cl2N5O4S. The zero-order valence-corrected chi connectivity index (χ0v) is 23.1. The highest BCUT2D eigenvalue weighted by Crippen LogP contribution is 2.37. The van der Waals surface area contributed by atoms with Gasteiger partial charge in [-0.25, -0.2) is 18.1 Å².